The van der Waals surface area contributed by atoms with Crippen molar-refractivity contribution in [2.24, 2.45) is 5.92 Å². The molecule has 160 valence electrons. The third kappa shape index (κ3) is 4.54. The van der Waals surface area contributed by atoms with E-state index in [1.165, 1.54) is 10.4 Å². The number of fused-ring (bicyclic) bond motifs is 1. The zero-order valence-corrected chi connectivity index (χ0v) is 17.7. The van der Waals surface area contributed by atoms with Gasteiger partial charge in [-0.15, -0.1) is 0 Å². The fraction of sp³-hybridized carbons (Fsp3) is 0.579. The van der Waals surface area contributed by atoms with E-state index in [1.807, 2.05) is 0 Å². The molecule has 10 heteroatoms. The summed E-state index contributed by atoms with van der Waals surface area (Å²) < 4.78 is 38.3. The van der Waals surface area contributed by atoms with Crippen LogP contribution in [0, 0.1) is 12.8 Å². The molecule has 1 aromatic carbocycles. The highest BCUT2D eigenvalue weighted by atomic mass is 32.2. The Morgan fingerprint density at radius 1 is 1.34 bits per heavy atom. The molecule has 9 nitrogen and oxygen atoms in total. The van der Waals surface area contributed by atoms with Gasteiger partial charge < -0.3 is 20.1 Å². The number of methoxy groups -OCH3 is 1. The number of hydrogen-bond acceptors (Lipinski definition) is 6. The molecule has 0 spiro atoms. The van der Waals surface area contributed by atoms with Crippen molar-refractivity contribution in [3.63, 3.8) is 0 Å². The maximum Gasteiger partial charge on any atom is 0.265 e. The van der Waals surface area contributed by atoms with Crippen molar-refractivity contribution in [1.29, 1.82) is 0 Å². The maximum absolute atomic E-state index is 13.2. The quantitative estimate of drug-likeness (QED) is 0.654. The van der Waals surface area contributed by atoms with Gasteiger partial charge in [0.25, 0.3) is 5.91 Å². The molecule has 0 aliphatic carbocycles. The number of piperidine rings is 1. The van der Waals surface area contributed by atoms with Crippen LogP contribution in [0.5, 0.6) is 5.75 Å². The Balaban J connectivity index is 1.71. The van der Waals surface area contributed by atoms with Gasteiger partial charge in [-0.3, -0.25) is 9.59 Å². The largest absolute Gasteiger partial charge is 0.479 e. The Bertz CT molecular complexity index is 893. The molecule has 0 aromatic heterocycles. The minimum atomic E-state index is -3.74. The monoisotopic (exact) mass is 425 g/mol. The number of nitrogens with one attached hydrogen (secondary N) is 2. The Kier molecular flexibility index (Phi) is 6.45. The van der Waals surface area contributed by atoms with Crippen LogP contribution in [0.15, 0.2) is 17.0 Å². The number of carbonyl (C=O) groups excluding carboxylic acids is 2. The van der Waals surface area contributed by atoms with Gasteiger partial charge in [-0.25, -0.2) is 8.42 Å². The predicted molar refractivity (Wildman–Crippen MR) is 106 cm³/mol. The topological polar surface area (TPSA) is 114 Å². The number of hydrogen-bond donors (Lipinski definition) is 2. The van der Waals surface area contributed by atoms with E-state index >= 15 is 0 Å². The number of ether oxygens (including phenoxy) is 2. The molecule has 1 aromatic rings. The van der Waals surface area contributed by atoms with Crippen molar-refractivity contribution in [2.45, 2.75) is 37.7 Å². The molecule has 1 atom stereocenters. The first-order valence-corrected chi connectivity index (χ1v) is 11.1. The Labute approximate surface area is 170 Å². The minimum absolute atomic E-state index is 0.0674. The second kappa shape index (κ2) is 8.68. The van der Waals surface area contributed by atoms with Crippen molar-refractivity contribution < 1.29 is 27.5 Å². The average molecular weight is 426 g/mol. The molecule has 2 aliphatic rings. The number of anilines is 1. The third-order valence-electron chi connectivity index (χ3n) is 5.26. The van der Waals surface area contributed by atoms with Crippen molar-refractivity contribution in [3.05, 3.63) is 17.7 Å². The molecule has 1 saturated heterocycles. The van der Waals surface area contributed by atoms with Crippen LogP contribution in [0.1, 0.15) is 25.3 Å². The summed E-state index contributed by atoms with van der Waals surface area (Å²) in [6.45, 7) is 4.72. The van der Waals surface area contributed by atoms with Gasteiger partial charge in [0, 0.05) is 38.7 Å². The summed E-state index contributed by atoms with van der Waals surface area (Å²) in [6, 6.07) is 3.08. The van der Waals surface area contributed by atoms with Crippen LogP contribution in [0.25, 0.3) is 0 Å². The standard InChI is InChI=1S/C19H27N3O6S/c1-12-10-15-16(28-13(2)18(23)21-15)11-17(12)29(25,26)22-7-4-14(5-8-22)19(24)20-6-9-27-3/h10-11,13-14H,4-9H2,1-3H3,(H,20,24)(H,21,23). The van der Waals surface area contributed by atoms with Gasteiger partial charge in [-0.1, -0.05) is 0 Å². The van der Waals surface area contributed by atoms with Gasteiger partial charge in [0.2, 0.25) is 15.9 Å². The molecule has 2 aliphatic heterocycles. The molecule has 3 rings (SSSR count). The Morgan fingerprint density at radius 3 is 2.69 bits per heavy atom. The molecule has 1 unspecified atom stereocenters. The second-order valence-corrected chi connectivity index (χ2v) is 9.23. The molecular weight excluding hydrogens is 398 g/mol. The zero-order chi connectivity index (χ0) is 21.2. The highest BCUT2D eigenvalue weighted by molar-refractivity contribution is 7.89. The van der Waals surface area contributed by atoms with Crippen LogP contribution in [-0.2, 0) is 24.3 Å². The van der Waals surface area contributed by atoms with Crippen LogP contribution < -0.4 is 15.4 Å². The summed E-state index contributed by atoms with van der Waals surface area (Å²) in [4.78, 5) is 24.1. The van der Waals surface area contributed by atoms with E-state index in [0.29, 0.717) is 43.0 Å². The van der Waals surface area contributed by atoms with Crippen molar-refractivity contribution >= 4 is 27.5 Å². The van der Waals surface area contributed by atoms with Crippen LogP contribution in [-0.4, -0.2) is 64.0 Å². The lowest BCUT2D eigenvalue weighted by Gasteiger charge is -2.31. The highest BCUT2D eigenvalue weighted by Crippen LogP contribution is 2.36. The van der Waals surface area contributed by atoms with Crippen LogP contribution in [0.4, 0.5) is 5.69 Å². The average Bonchev–Trinajstić information content (AvgIpc) is 2.69. The summed E-state index contributed by atoms with van der Waals surface area (Å²) in [5.74, 6) is -0.198. The van der Waals surface area contributed by atoms with Crippen LogP contribution >= 0.6 is 0 Å². The zero-order valence-electron chi connectivity index (χ0n) is 16.9. The first kappa shape index (κ1) is 21.5. The lowest BCUT2D eigenvalue weighted by atomic mass is 9.97. The third-order valence-corrected chi connectivity index (χ3v) is 7.30. The van der Waals surface area contributed by atoms with Gasteiger partial charge in [0.05, 0.1) is 17.2 Å². The first-order valence-electron chi connectivity index (χ1n) is 9.63. The van der Waals surface area contributed by atoms with Gasteiger partial charge in [0.15, 0.2) is 6.10 Å². The predicted octanol–water partition coefficient (Wildman–Crippen LogP) is 0.878. The summed E-state index contributed by atoms with van der Waals surface area (Å²) in [5, 5.41) is 5.53. The van der Waals surface area contributed by atoms with Crippen molar-refractivity contribution in [2.75, 3.05) is 38.7 Å². The summed E-state index contributed by atoms with van der Waals surface area (Å²) in [7, 11) is -2.17. The number of rotatable bonds is 6. The van der Waals surface area contributed by atoms with Crippen molar-refractivity contribution in [3.8, 4) is 5.75 Å². The minimum Gasteiger partial charge on any atom is -0.479 e. The van der Waals surface area contributed by atoms with E-state index in [0.717, 1.165) is 0 Å². The molecule has 2 heterocycles. The molecule has 0 radical (unpaired) electrons. The molecule has 0 bridgehead atoms. The molecule has 2 N–H and O–H groups in total. The van der Waals surface area contributed by atoms with Crippen LogP contribution in [0.3, 0.4) is 0 Å². The van der Waals surface area contributed by atoms with Gasteiger partial charge in [0.1, 0.15) is 5.75 Å². The second-order valence-electron chi connectivity index (χ2n) is 7.33. The van der Waals surface area contributed by atoms with Gasteiger partial charge in [-0.05, 0) is 38.3 Å². The molecule has 0 saturated carbocycles. The SMILES string of the molecule is COCCNC(=O)C1CCN(S(=O)(=O)c2cc3c(cc2C)NC(=O)C(C)O3)CC1. The van der Waals surface area contributed by atoms with E-state index < -0.39 is 16.1 Å². The van der Waals surface area contributed by atoms with E-state index in [1.54, 1.807) is 27.0 Å². The lowest BCUT2D eigenvalue weighted by Crippen LogP contribution is -2.43. The Hall–Kier alpha value is -2.17. The molecular formula is C19H27N3O6S. The Morgan fingerprint density at radius 2 is 2.03 bits per heavy atom. The van der Waals surface area contributed by atoms with Crippen LogP contribution in [0.2, 0.25) is 0 Å². The van der Waals surface area contributed by atoms with Gasteiger partial charge in [-0.2, -0.15) is 4.31 Å². The number of amides is 2. The summed E-state index contributed by atoms with van der Waals surface area (Å²) in [5.41, 5.74) is 0.998. The number of sulfonamides is 1. The van der Waals surface area contributed by atoms with E-state index in [-0.39, 0.29) is 35.7 Å². The molecule has 1 fully saturated rings. The number of carbonyl (C=O) groups is 2. The van der Waals surface area contributed by atoms with Crippen molar-refractivity contribution in [1.82, 2.24) is 9.62 Å². The smallest absolute Gasteiger partial charge is 0.265 e. The molecule has 29 heavy (non-hydrogen) atoms. The molecule has 2 amide bonds. The summed E-state index contributed by atoms with van der Waals surface area (Å²) in [6.07, 6.45) is 0.241. The first-order chi connectivity index (χ1) is 13.7. The summed E-state index contributed by atoms with van der Waals surface area (Å²) >= 11 is 0. The lowest BCUT2D eigenvalue weighted by molar-refractivity contribution is -0.126. The van der Waals surface area contributed by atoms with E-state index in [9.17, 15) is 18.0 Å². The number of nitrogens with zero attached hydrogens (tertiary/aromatic N) is 1. The van der Waals surface area contributed by atoms with Gasteiger partial charge >= 0.3 is 0 Å². The maximum atomic E-state index is 13.2. The normalized spacial score (nSPS) is 20.5. The number of benzene rings is 1. The van der Waals surface area contributed by atoms with E-state index in [2.05, 4.69) is 10.6 Å². The fourth-order valence-electron chi connectivity index (χ4n) is 3.54. The van der Waals surface area contributed by atoms with E-state index in [4.69, 9.17) is 9.47 Å². The fourth-order valence-corrected chi connectivity index (χ4v) is 5.23. The number of aryl methyl sites for hydroxylation is 1. The highest BCUT2D eigenvalue weighted by Gasteiger charge is 2.34.